The third-order valence-corrected chi connectivity index (χ3v) is 6.49. The number of aromatic nitrogens is 2. The number of rotatable bonds is 7. The van der Waals surface area contributed by atoms with E-state index in [2.05, 4.69) is 46.4 Å². The molecule has 122 valence electrons. The number of imidazole rings is 1. The second-order valence-electron chi connectivity index (χ2n) is 5.83. The van der Waals surface area contributed by atoms with Crippen LogP contribution in [0.15, 0.2) is 53.5 Å². The maximum absolute atomic E-state index is 4.72. The fourth-order valence-electron chi connectivity index (χ4n) is 2.88. The molecule has 1 N–H and O–H groups in total. The molecular formula is C19H19N3S2. The SMILES string of the molecule is c1ccc2c(c1)CC(CCSSCCc1nc3ccccc3[nH]1)=N2. The minimum absolute atomic E-state index is 0.985. The predicted molar refractivity (Wildman–Crippen MR) is 107 cm³/mol. The Kier molecular flexibility index (Phi) is 4.90. The van der Waals surface area contributed by atoms with Gasteiger partial charge in [-0.15, -0.1) is 0 Å². The zero-order chi connectivity index (χ0) is 16.2. The molecule has 0 unspecified atom stereocenters. The standard InChI is InChI=1S/C19H19N3S2/c1-2-6-16-14(5-1)13-15(20-16)9-11-23-24-12-10-19-21-17-7-3-4-8-18(17)22-19/h1-8H,9-13H2,(H,21,22). The van der Waals surface area contributed by atoms with Crippen molar-refractivity contribution < 1.29 is 0 Å². The van der Waals surface area contributed by atoms with Gasteiger partial charge in [0.05, 0.1) is 16.7 Å². The highest BCUT2D eigenvalue weighted by atomic mass is 33.1. The van der Waals surface area contributed by atoms with Crippen LogP contribution in [0.5, 0.6) is 0 Å². The summed E-state index contributed by atoms with van der Waals surface area (Å²) in [5.41, 5.74) is 6.04. The number of aryl methyl sites for hydroxylation is 1. The summed E-state index contributed by atoms with van der Waals surface area (Å²) >= 11 is 0. The molecule has 2 heterocycles. The molecule has 0 atom stereocenters. The zero-order valence-electron chi connectivity index (χ0n) is 13.4. The molecule has 4 rings (SSSR count). The quantitative estimate of drug-likeness (QED) is 0.468. The van der Waals surface area contributed by atoms with Crippen LogP contribution in [0.3, 0.4) is 0 Å². The summed E-state index contributed by atoms with van der Waals surface area (Å²) in [5.74, 6) is 3.29. The van der Waals surface area contributed by atoms with Crippen LogP contribution in [0.4, 0.5) is 5.69 Å². The first-order valence-electron chi connectivity index (χ1n) is 8.21. The smallest absolute Gasteiger partial charge is 0.108 e. The van der Waals surface area contributed by atoms with Crippen molar-refractivity contribution >= 4 is 44.0 Å². The van der Waals surface area contributed by atoms with E-state index in [0.29, 0.717) is 0 Å². The fourth-order valence-corrected chi connectivity index (χ4v) is 4.92. The van der Waals surface area contributed by atoms with E-state index in [0.717, 1.165) is 53.3 Å². The Morgan fingerprint density at radius 2 is 1.71 bits per heavy atom. The molecule has 0 fully saturated rings. The van der Waals surface area contributed by atoms with E-state index in [4.69, 9.17) is 4.99 Å². The van der Waals surface area contributed by atoms with Crippen LogP contribution in [0.25, 0.3) is 11.0 Å². The van der Waals surface area contributed by atoms with Crippen molar-refractivity contribution in [1.29, 1.82) is 0 Å². The van der Waals surface area contributed by atoms with Crippen molar-refractivity contribution in [3.05, 3.63) is 59.9 Å². The van der Waals surface area contributed by atoms with Gasteiger partial charge in [-0.1, -0.05) is 51.9 Å². The lowest BCUT2D eigenvalue weighted by atomic mass is 10.1. The Morgan fingerprint density at radius 1 is 0.917 bits per heavy atom. The maximum Gasteiger partial charge on any atom is 0.108 e. The van der Waals surface area contributed by atoms with Crippen LogP contribution in [-0.4, -0.2) is 27.2 Å². The molecule has 1 aliphatic heterocycles. The van der Waals surface area contributed by atoms with Crippen molar-refractivity contribution in [3.63, 3.8) is 0 Å². The van der Waals surface area contributed by atoms with Crippen molar-refractivity contribution in [2.75, 3.05) is 11.5 Å². The Balaban J connectivity index is 1.17. The van der Waals surface area contributed by atoms with Crippen LogP contribution in [0.1, 0.15) is 17.8 Å². The molecule has 3 aromatic rings. The molecule has 3 nitrogen and oxygen atoms in total. The summed E-state index contributed by atoms with van der Waals surface area (Å²) in [6.45, 7) is 0. The van der Waals surface area contributed by atoms with E-state index in [9.17, 15) is 0 Å². The highest BCUT2D eigenvalue weighted by molar-refractivity contribution is 8.76. The molecular weight excluding hydrogens is 334 g/mol. The predicted octanol–water partition coefficient (Wildman–Crippen LogP) is 5.21. The first-order valence-corrected chi connectivity index (χ1v) is 10.7. The topological polar surface area (TPSA) is 41.0 Å². The van der Waals surface area contributed by atoms with Gasteiger partial charge in [0.15, 0.2) is 0 Å². The van der Waals surface area contributed by atoms with Crippen LogP contribution in [0.2, 0.25) is 0 Å². The largest absolute Gasteiger partial charge is 0.342 e. The van der Waals surface area contributed by atoms with Crippen LogP contribution in [-0.2, 0) is 12.8 Å². The number of hydrogen-bond acceptors (Lipinski definition) is 4. The highest BCUT2D eigenvalue weighted by Gasteiger charge is 2.13. The van der Waals surface area contributed by atoms with E-state index >= 15 is 0 Å². The average molecular weight is 354 g/mol. The second kappa shape index (κ2) is 7.45. The van der Waals surface area contributed by atoms with Crippen molar-refractivity contribution in [2.24, 2.45) is 4.99 Å². The molecule has 0 saturated carbocycles. The average Bonchev–Trinajstić information content (AvgIpc) is 3.20. The van der Waals surface area contributed by atoms with Crippen molar-refractivity contribution in [1.82, 2.24) is 9.97 Å². The maximum atomic E-state index is 4.72. The summed E-state index contributed by atoms with van der Waals surface area (Å²) in [6, 6.07) is 16.7. The van der Waals surface area contributed by atoms with Gasteiger partial charge in [-0.05, 0) is 30.2 Å². The van der Waals surface area contributed by atoms with Gasteiger partial charge in [0, 0.05) is 30.1 Å². The molecule has 1 aliphatic rings. The molecule has 0 radical (unpaired) electrons. The lowest BCUT2D eigenvalue weighted by Crippen LogP contribution is -1.99. The number of aliphatic imine (C=N–C) groups is 1. The first-order chi connectivity index (χ1) is 11.9. The molecule has 2 aromatic carbocycles. The second-order valence-corrected chi connectivity index (χ2v) is 8.53. The van der Waals surface area contributed by atoms with Gasteiger partial charge in [-0.3, -0.25) is 4.99 Å². The van der Waals surface area contributed by atoms with Gasteiger partial charge in [0.2, 0.25) is 0 Å². The number of hydrogen-bond donors (Lipinski definition) is 1. The van der Waals surface area contributed by atoms with E-state index in [1.807, 2.05) is 33.7 Å². The molecule has 0 spiro atoms. The molecule has 0 saturated heterocycles. The van der Waals surface area contributed by atoms with Gasteiger partial charge in [0.25, 0.3) is 0 Å². The molecule has 0 bridgehead atoms. The van der Waals surface area contributed by atoms with E-state index in [1.165, 1.54) is 11.3 Å². The fraction of sp³-hybridized carbons (Fsp3) is 0.263. The summed E-state index contributed by atoms with van der Waals surface area (Å²) in [6.07, 6.45) is 3.09. The first kappa shape index (κ1) is 15.8. The van der Waals surface area contributed by atoms with E-state index in [-0.39, 0.29) is 0 Å². The van der Waals surface area contributed by atoms with Gasteiger partial charge in [-0.2, -0.15) is 0 Å². The zero-order valence-corrected chi connectivity index (χ0v) is 15.0. The number of nitrogens with zero attached hydrogens (tertiary/aromatic N) is 2. The summed E-state index contributed by atoms with van der Waals surface area (Å²) < 4.78 is 0. The van der Waals surface area contributed by atoms with Crippen LogP contribution < -0.4 is 0 Å². The number of H-pyrrole nitrogens is 1. The molecule has 0 amide bonds. The monoisotopic (exact) mass is 353 g/mol. The number of aromatic amines is 1. The Bertz CT molecular complexity index is 837. The van der Waals surface area contributed by atoms with Gasteiger partial charge >= 0.3 is 0 Å². The minimum Gasteiger partial charge on any atom is -0.342 e. The third kappa shape index (κ3) is 3.68. The molecule has 1 aromatic heterocycles. The summed E-state index contributed by atoms with van der Waals surface area (Å²) in [4.78, 5) is 12.7. The molecule has 0 aliphatic carbocycles. The molecule has 24 heavy (non-hydrogen) atoms. The molecule has 5 heteroatoms. The Hall–Kier alpha value is -1.72. The van der Waals surface area contributed by atoms with Gasteiger partial charge in [0.1, 0.15) is 5.82 Å². The van der Waals surface area contributed by atoms with Crippen molar-refractivity contribution in [2.45, 2.75) is 19.3 Å². The number of benzene rings is 2. The highest BCUT2D eigenvalue weighted by Crippen LogP contribution is 2.29. The Morgan fingerprint density at radius 3 is 2.58 bits per heavy atom. The third-order valence-electron chi connectivity index (χ3n) is 4.08. The summed E-state index contributed by atoms with van der Waals surface area (Å²) in [7, 11) is 3.87. The number of fused-ring (bicyclic) bond motifs is 2. The van der Waals surface area contributed by atoms with E-state index in [1.54, 1.807) is 0 Å². The lowest BCUT2D eigenvalue weighted by molar-refractivity contribution is 1.01. The van der Waals surface area contributed by atoms with Crippen LogP contribution in [0, 0.1) is 0 Å². The van der Waals surface area contributed by atoms with E-state index < -0.39 is 0 Å². The number of para-hydroxylation sites is 3. The minimum atomic E-state index is 0.985. The summed E-state index contributed by atoms with van der Waals surface area (Å²) in [5, 5.41) is 0. The lowest BCUT2D eigenvalue weighted by Gasteiger charge is -2.01. The normalized spacial score (nSPS) is 13.2. The van der Waals surface area contributed by atoms with Crippen LogP contribution >= 0.6 is 21.6 Å². The van der Waals surface area contributed by atoms with Gasteiger partial charge < -0.3 is 4.98 Å². The number of nitrogens with one attached hydrogen (secondary N) is 1. The Labute approximate surface area is 149 Å². The van der Waals surface area contributed by atoms with Crippen molar-refractivity contribution in [3.8, 4) is 0 Å². The van der Waals surface area contributed by atoms with Gasteiger partial charge in [-0.25, -0.2) is 4.98 Å².